The van der Waals surface area contributed by atoms with Gasteiger partial charge in [-0.1, -0.05) is 18.2 Å². The van der Waals surface area contributed by atoms with Crippen molar-refractivity contribution in [3.05, 3.63) is 98.2 Å². The minimum atomic E-state index is -4.78. The zero-order valence-electron chi connectivity index (χ0n) is 19.3. The third-order valence-corrected chi connectivity index (χ3v) is 6.22. The molecule has 0 spiro atoms. The molecule has 0 saturated carbocycles. The average molecular weight is 548 g/mol. The van der Waals surface area contributed by atoms with Crippen molar-refractivity contribution in [2.75, 3.05) is 7.11 Å². The lowest BCUT2D eigenvalue weighted by atomic mass is 10.1. The third-order valence-electron chi connectivity index (χ3n) is 5.32. The fourth-order valence-corrected chi connectivity index (χ4v) is 4.30. The lowest BCUT2D eigenvalue weighted by Crippen LogP contribution is -2.27. The van der Waals surface area contributed by atoms with Crippen LogP contribution in [0.1, 0.15) is 16.7 Å². The van der Waals surface area contributed by atoms with Crippen molar-refractivity contribution in [3.63, 3.8) is 0 Å². The normalized spacial score (nSPS) is 14.8. The van der Waals surface area contributed by atoms with E-state index in [0.29, 0.717) is 35.0 Å². The van der Waals surface area contributed by atoms with Gasteiger partial charge in [0.2, 0.25) is 5.75 Å². The molecule has 1 heterocycles. The highest BCUT2D eigenvalue weighted by Gasteiger charge is 2.35. The maximum Gasteiger partial charge on any atom is 0.416 e. The molecule has 1 saturated heterocycles. The van der Waals surface area contributed by atoms with Gasteiger partial charge >= 0.3 is 11.9 Å². The maximum absolute atomic E-state index is 13.1. The molecule has 8 nitrogen and oxygen atoms in total. The molecule has 3 aromatic rings. The van der Waals surface area contributed by atoms with E-state index >= 15 is 0 Å². The first-order valence-electron chi connectivity index (χ1n) is 10.7. The average Bonchev–Trinajstić information content (AvgIpc) is 3.12. The van der Waals surface area contributed by atoms with Crippen molar-refractivity contribution in [3.8, 4) is 17.2 Å². The van der Waals surface area contributed by atoms with Crippen LogP contribution in [0.25, 0.3) is 6.08 Å². The fourth-order valence-electron chi connectivity index (χ4n) is 3.46. The fraction of sp³-hybridized carbons (Fsp3) is 0.120. The van der Waals surface area contributed by atoms with Crippen LogP contribution >= 0.6 is 11.8 Å². The standard InChI is InChI=1S/C25H16F4N2O6S/c1-36-21-10-15(11-22-23(32)30(24(33)38-22)13-14-2-6-17(26)7-3-14)4-8-20(21)37-19-9-5-16(25(27,28)29)12-18(19)31(34)35/h2-12H,13H2,1H3/b22-11-. The van der Waals surface area contributed by atoms with Crippen molar-refractivity contribution < 1.29 is 41.5 Å². The summed E-state index contributed by atoms with van der Waals surface area (Å²) in [6.07, 6.45) is -3.34. The summed E-state index contributed by atoms with van der Waals surface area (Å²) < 4.78 is 62.8. The van der Waals surface area contributed by atoms with E-state index in [1.54, 1.807) is 0 Å². The van der Waals surface area contributed by atoms with E-state index in [4.69, 9.17) is 9.47 Å². The number of ether oxygens (including phenoxy) is 2. The molecule has 0 unspecified atom stereocenters. The van der Waals surface area contributed by atoms with Crippen LogP contribution in [-0.2, 0) is 17.5 Å². The summed E-state index contributed by atoms with van der Waals surface area (Å²) in [5.41, 5.74) is -1.10. The second kappa shape index (κ2) is 10.5. The second-order valence-corrected chi connectivity index (χ2v) is 8.84. The zero-order chi connectivity index (χ0) is 27.6. The van der Waals surface area contributed by atoms with E-state index in [9.17, 15) is 37.3 Å². The molecule has 13 heteroatoms. The Kier molecular flexibility index (Phi) is 7.39. The largest absolute Gasteiger partial charge is 0.493 e. The molecule has 4 rings (SSSR count). The van der Waals surface area contributed by atoms with Crippen molar-refractivity contribution in [2.24, 2.45) is 0 Å². The monoisotopic (exact) mass is 548 g/mol. The summed E-state index contributed by atoms with van der Waals surface area (Å²) in [4.78, 5) is 36.7. The molecule has 0 aliphatic carbocycles. The summed E-state index contributed by atoms with van der Waals surface area (Å²) in [5, 5.41) is 10.8. The quantitative estimate of drug-likeness (QED) is 0.139. The van der Waals surface area contributed by atoms with Gasteiger partial charge in [0, 0.05) is 6.07 Å². The number of hydrogen-bond acceptors (Lipinski definition) is 7. The van der Waals surface area contributed by atoms with Gasteiger partial charge in [0.25, 0.3) is 11.1 Å². The maximum atomic E-state index is 13.1. The summed E-state index contributed by atoms with van der Waals surface area (Å²) >= 11 is 0.713. The SMILES string of the molecule is COc1cc(/C=C2\SC(=O)N(Cc3ccc(F)cc3)C2=O)ccc1Oc1ccc(C(F)(F)F)cc1[N+](=O)[O-]. The number of methoxy groups -OCH3 is 1. The summed E-state index contributed by atoms with van der Waals surface area (Å²) in [5.74, 6) is -1.40. The number of amides is 2. The smallest absolute Gasteiger partial charge is 0.416 e. The molecule has 2 amide bonds. The summed E-state index contributed by atoms with van der Waals surface area (Å²) in [6.45, 7) is -0.0374. The van der Waals surface area contributed by atoms with Gasteiger partial charge in [-0.05, 0) is 65.4 Å². The van der Waals surface area contributed by atoms with Crippen LogP contribution in [0.15, 0.2) is 65.6 Å². The van der Waals surface area contributed by atoms with E-state index in [1.807, 2.05) is 0 Å². The van der Waals surface area contributed by atoms with E-state index in [2.05, 4.69) is 0 Å². The molecule has 196 valence electrons. The number of alkyl halides is 3. The predicted molar refractivity (Wildman–Crippen MR) is 129 cm³/mol. The number of benzene rings is 3. The summed E-state index contributed by atoms with van der Waals surface area (Å²) in [6, 6.07) is 11.5. The van der Waals surface area contributed by atoms with Crippen LogP contribution in [0.4, 0.5) is 28.0 Å². The number of nitrogens with zero attached hydrogens (tertiary/aromatic N) is 2. The molecule has 0 aromatic heterocycles. The molecule has 1 aliphatic heterocycles. The Balaban J connectivity index is 1.57. The molecular formula is C25H16F4N2O6S. The number of carbonyl (C=O) groups excluding carboxylic acids is 2. The Morgan fingerprint density at radius 1 is 1.00 bits per heavy atom. The van der Waals surface area contributed by atoms with Crippen molar-refractivity contribution in [1.82, 2.24) is 4.90 Å². The number of nitro benzene ring substituents is 1. The van der Waals surface area contributed by atoms with Crippen LogP contribution in [0.2, 0.25) is 0 Å². The molecule has 0 atom stereocenters. The number of halogens is 4. The minimum Gasteiger partial charge on any atom is -0.493 e. The number of imide groups is 1. The van der Waals surface area contributed by atoms with Gasteiger partial charge in [0.05, 0.1) is 29.0 Å². The van der Waals surface area contributed by atoms with Gasteiger partial charge < -0.3 is 9.47 Å². The molecule has 0 radical (unpaired) electrons. The van der Waals surface area contributed by atoms with Gasteiger partial charge in [-0.3, -0.25) is 24.6 Å². The molecule has 0 bridgehead atoms. The van der Waals surface area contributed by atoms with Gasteiger partial charge in [-0.2, -0.15) is 13.2 Å². The van der Waals surface area contributed by atoms with E-state index < -0.39 is 45.1 Å². The second-order valence-electron chi connectivity index (χ2n) is 7.84. The molecule has 3 aromatic carbocycles. The van der Waals surface area contributed by atoms with Gasteiger partial charge in [-0.25, -0.2) is 4.39 Å². The highest BCUT2D eigenvalue weighted by Crippen LogP contribution is 2.41. The Bertz CT molecular complexity index is 1460. The molecule has 0 N–H and O–H groups in total. The van der Waals surface area contributed by atoms with E-state index in [0.717, 1.165) is 11.0 Å². The van der Waals surface area contributed by atoms with Gasteiger partial charge in [0.15, 0.2) is 11.5 Å². The molecule has 1 fully saturated rings. The van der Waals surface area contributed by atoms with E-state index in [-0.39, 0.29) is 22.9 Å². The number of thioether (sulfide) groups is 1. The number of hydrogen-bond donors (Lipinski definition) is 0. The number of nitro groups is 1. The van der Waals surface area contributed by atoms with Crippen LogP contribution in [-0.4, -0.2) is 28.1 Å². The predicted octanol–water partition coefficient (Wildman–Crippen LogP) is 6.79. The van der Waals surface area contributed by atoms with Crippen LogP contribution in [0, 0.1) is 15.9 Å². The van der Waals surface area contributed by atoms with Crippen molar-refractivity contribution >= 4 is 34.7 Å². The highest BCUT2D eigenvalue weighted by atomic mass is 32.2. The van der Waals surface area contributed by atoms with Crippen LogP contribution < -0.4 is 9.47 Å². The summed E-state index contributed by atoms with van der Waals surface area (Å²) in [7, 11) is 1.28. The highest BCUT2D eigenvalue weighted by molar-refractivity contribution is 8.18. The first-order valence-corrected chi connectivity index (χ1v) is 11.5. The van der Waals surface area contributed by atoms with Gasteiger partial charge in [0.1, 0.15) is 5.82 Å². The van der Waals surface area contributed by atoms with E-state index in [1.165, 1.54) is 55.7 Å². The molecule has 1 aliphatic rings. The lowest BCUT2D eigenvalue weighted by molar-refractivity contribution is -0.385. The topological polar surface area (TPSA) is 99.0 Å². The molecule has 38 heavy (non-hydrogen) atoms. The lowest BCUT2D eigenvalue weighted by Gasteiger charge is -2.13. The zero-order valence-corrected chi connectivity index (χ0v) is 20.1. The molecular weight excluding hydrogens is 532 g/mol. The number of rotatable bonds is 7. The Morgan fingerprint density at radius 3 is 2.32 bits per heavy atom. The first-order chi connectivity index (χ1) is 18.0. The van der Waals surface area contributed by atoms with Gasteiger partial charge in [-0.15, -0.1) is 0 Å². The Hall–Kier alpha value is -4.39. The number of carbonyl (C=O) groups is 2. The van der Waals surface area contributed by atoms with Crippen molar-refractivity contribution in [2.45, 2.75) is 12.7 Å². The Morgan fingerprint density at radius 2 is 1.68 bits per heavy atom. The van der Waals surface area contributed by atoms with Crippen molar-refractivity contribution in [1.29, 1.82) is 0 Å². The van der Waals surface area contributed by atoms with Crippen LogP contribution in [0.5, 0.6) is 17.2 Å². The Labute approximate surface area is 216 Å². The third kappa shape index (κ3) is 5.78. The first kappa shape index (κ1) is 26.7. The minimum absolute atomic E-state index is 0.0306. The van der Waals surface area contributed by atoms with Crippen LogP contribution in [0.3, 0.4) is 0 Å².